The van der Waals surface area contributed by atoms with Crippen molar-refractivity contribution in [1.82, 2.24) is 15.1 Å². The van der Waals surface area contributed by atoms with Crippen molar-refractivity contribution in [3.63, 3.8) is 0 Å². The first-order chi connectivity index (χ1) is 13.6. The molecule has 2 amide bonds. The molecular formula is C21H26FN3O2S. The summed E-state index contributed by atoms with van der Waals surface area (Å²) in [5.41, 5.74) is 0.638. The van der Waals surface area contributed by atoms with Crippen LogP contribution in [0.2, 0.25) is 0 Å². The van der Waals surface area contributed by atoms with Crippen molar-refractivity contribution >= 4 is 23.2 Å². The molecule has 1 N–H and O–H groups in total. The highest BCUT2D eigenvalue weighted by Crippen LogP contribution is 2.30. The van der Waals surface area contributed by atoms with Gasteiger partial charge in [-0.25, -0.2) is 4.39 Å². The van der Waals surface area contributed by atoms with Crippen LogP contribution < -0.4 is 5.32 Å². The van der Waals surface area contributed by atoms with Crippen LogP contribution in [0.4, 0.5) is 4.39 Å². The van der Waals surface area contributed by atoms with Gasteiger partial charge in [0.1, 0.15) is 5.82 Å². The molecule has 5 nitrogen and oxygen atoms in total. The molecule has 3 rings (SSSR count). The molecule has 2 aromatic rings. The first-order valence-corrected chi connectivity index (χ1v) is 10.5. The van der Waals surface area contributed by atoms with E-state index in [2.05, 4.69) is 10.2 Å². The van der Waals surface area contributed by atoms with Crippen molar-refractivity contribution in [3.05, 3.63) is 47.1 Å². The Balaban J connectivity index is 1.47. The van der Waals surface area contributed by atoms with Crippen molar-refractivity contribution in [2.75, 3.05) is 32.7 Å². The Kier molecular flexibility index (Phi) is 7.17. The summed E-state index contributed by atoms with van der Waals surface area (Å²) in [6.45, 7) is 5.73. The van der Waals surface area contributed by atoms with Gasteiger partial charge < -0.3 is 10.2 Å². The molecule has 1 aromatic carbocycles. The molecule has 1 fully saturated rings. The van der Waals surface area contributed by atoms with Crippen LogP contribution in [0, 0.1) is 5.82 Å². The van der Waals surface area contributed by atoms with Crippen molar-refractivity contribution in [3.8, 4) is 10.4 Å². The van der Waals surface area contributed by atoms with E-state index in [1.807, 2.05) is 30.0 Å². The smallest absolute Gasteiger partial charge is 0.242 e. The van der Waals surface area contributed by atoms with Crippen molar-refractivity contribution in [2.45, 2.75) is 26.3 Å². The van der Waals surface area contributed by atoms with Crippen LogP contribution in [0.25, 0.3) is 10.4 Å². The molecular weight excluding hydrogens is 377 g/mol. The van der Waals surface area contributed by atoms with Gasteiger partial charge in [-0.1, -0.05) is 25.1 Å². The molecule has 0 atom stereocenters. The summed E-state index contributed by atoms with van der Waals surface area (Å²) in [7, 11) is 0. The molecule has 1 aromatic heterocycles. The zero-order valence-electron chi connectivity index (χ0n) is 16.1. The van der Waals surface area contributed by atoms with Crippen LogP contribution in [-0.4, -0.2) is 54.3 Å². The number of benzene rings is 1. The van der Waals surface area contributed by atoms with Gasteiger partial charge in [0.15, 0.2) is 0 Å². The van der Waals surface area contributed by atoms with Crippen molar-refractivity contribution in [1.29, 1.82) is 0 Å². The average molecular weight is 404 g/mol. The lowest BCUT2D eigenvalue weighted by Gasteiger charge is -2.34. The fourth-order valence-electron chi connectivity index (χ4n) is 3.25. The summed E-state index contributed by atoms with van der Waals surface area (Å²) in [5.74, 6) is -0.297. The minimum Gasteiger partial charge on any atom is -0.347 e. The number of halogens is 1. The van der Waals surface area contributed by atoms with Crippen LogP contribution >= 0.6 is 11.3 Å². The number of nitrogens with one attached hydrogen (secondary N) is 1. The quantitative estimate of drug-likeness (QED) is 0.773. The lowest BCUT2D eigenvalue weighted by Crippen LogP contribution is -2.50. The van der Waals surface area contributed by atoms with Crippen molar-refractivity contribution in [2.24, 2.45) is 0 Å². The molecule has 0 saturated carbocycles. The summed E-state index contributed by atoms with van der Waals surface area (Å²) in [6.07, 6.45) is 1.23. The first kappa shape index (κ1) is 20.5. The Hall–Kier alpha value is -2.25. The van der Waals surface area contributed by atoms with Crippen LogP contribution in [0.3, 0.4) is 0 Å². The van der Waals surface area contributed by atoms with Gasteiger partial charge in [-0.3, -0.25) is 14.5 Å². The zero-order valence-corrected chi connectivity index (χ0v) is 16.9. The monoisotopic (exact) mass is 403 g/mol. The van der Waals surface area contributed by atoms with Gasteiger partial charge in [-0.05, 0) is 24.6 Å². The molecule has 1 aliphatic heterocycles. The number of rotatable bonds is 7. The second kappa shape index (κ2) is 9.80. The van der Waals surface area contributed by atoms with Crippen LogP contribution in [0.1, 0.15) is 24.6 Å². The Morgan fingerprint density at radius 1 is 1.11 bits per heavy atom. The number of piperazine rings is 1. The largest absolute Gasteiger partial charge is 0.347 e. The normalized spacial score (nSPS) is 14.9. The van der Waals surface area contributed by atoms with E-state index in [1.54, 1.807) is 23.5 Å². The summed E-state index contributed by atoms with van der Waals surface area (Å²) in [4.78, 5) is 30.0. The number of carbonyl (C=O) groups is 2. The number of hydrogen-bond donors (Lipinski definition) is 1. The molecule has 1 saturated heterocycles. The highest BCUT2D eigenvalue weighted by atomic mass is 32.1. The molecule has 150 valence electrons. The third-order valence-corrected chi connectivity index (χ3v) is 5.92. The molecule has 0 unspecified atom stereocenters. The SMILES string of the molecule is CCCC(=O)NCC(=O)N1CCN(Cc2ccc(-c3ccccc3F)s2)CC1. The van der Waals surface area contributed by atoms with E-state index < -0.39 is 0 Å². The standard InChI is InChI=1S/C21H26FN3O2S/c1-2-5-20(26)23-14-21(27)25-12-10-24(11-13-25)15-16-8-9-19(28-16)17-6-3-4-7-18(17)22/h3-4,6-9H,2,5,10-15H2,1H3,(H,23,26). The van der Waals surface area contributed by atoms with E-state index >= 15 is 0 Å². The topological polar surface area (TPSA) is 52.7 Å². The number of nitrogens with zero attached hydrogens (tertiary/aromatic N) is 2. The summed E-state index contributed by atoms with van der Waals surface area (Å²) >= 11 is 1.61. The van der Waals surface area contributed by atoms with Gasteiger partial charge in [-0.15, -0.1) is 11.3 Å². The lowest BCUT2D eigenvalue weighted by molar-refractivity contribution is -0.134. The first-order valence-electron chi connectivity index (χ1n) is 9.67. The van der Waals surface area contributed by atoms with E-state index in [9.17, 15) is 14.0 Å². The Morgan fingerprint density at radius 2 is 1.86 bits per heavy atom. The lowest BCUT2D eigenvalue weighted by atomic mass is 10.2. The molecule has 0 aliphatic carbocycles. The minimum atomic E-state index is -0.200. The number of carbonyl (C=O) groups excluding carboxylic acids is 2. The Labute approximate surface area is 169 Å². The van der Waals surface area contributed by atoms with Gasteiger partial charge in [0.2, 0.25) is 11.8 Å². The molecule has 0 spiro atoms. The third-order valence-electron chi connectivity index (χ3n) is 4.82. The van der Waals surface area contributed by atoms with E-state index in [-0.39, 0.29) is 24.2 Å². The van der Waals surface area contributed by atoms with E-state index in [1.165, 1.54) is 10.9 Å². The summed E-state index contributed by atoms with van der Waals surface area (Å²) < 4.78 is 14.0. The molecule has 0 radical (unpaired) electrons. The fraction of sp³-hybridized carbons (Fsp3) is 0.429. The molecule has 7 heteroatoms. The maximum atomic E-state index is 14.0. The third kappa shape index (κ3) is 5.39. The van der Waals surface area contributed by atoms with E-state index in [0.717, 1.165) is 30.9 Å². The summed E-state index contributed by atoms with van der Waals surface area (Å²) in [5, 5.41) is 2.68. The fourth-order valence-corrected chi connectivity index (χ4v) is 4.32. The number of thiophene rings is 1. The van der Waals surface area contributed by atoms with Gasteiger partial charge in [-0.2, -0.15) is 0 Å². The minimum absolute atomic E-state index is 0.0259. The van der Waals surface area contributed by atoms with Gasteiger partial charge in [0.25, 0.3) is 0 Å². The highest BCUT2D eigenvalue weighted by Gasteiger charge is 2.21. The summed E-state index contributed by atoms with van der Waals surface area (Å²) in [6, 6.07) is 10.8. The van der Waals surface area contributed by atoms with Gasteiger partial charge >= 0.3 is 0 Å². The average Bonchev–Trinajstić information content (AvgIpc) is 3.15. The molecule has 28 heavy (non-hydrogen) atoms. The van der Waals surface area contributed by atoms with Gasteiger partial charge in [0.05, 0.1) is 6.54 Å². The number of hydrogen-bond acceptors (Lipinski definition) is 4. The Morgan fingerprint density at radius 3 is 2.57 bits per heavy atom. The Bertz CT molecular complexity index is 815. The second-order valence-corrected chi connectivity index (χ2v) is 8.10. The predicted octanol–water partition coefficient (Wildman–Crippen LogP) is 3.11. The van der Waals surface area contributed by atoms with Crippen LogP contribution in [-0.2, 0) is 16.1 Å². The van der Waals surface area contributed by atoms with Gasteiger partial charge in [0, 0.05) is 54.5 Å². The zero-order chi connectivity index (χ0) is 19.9. The van der Waals surface area contributed by atoms with Crippen molar-refractivity contribution < 1.29 is 14.0 Å². The van der Waals surface area contributed by atoms with Crippen LogP contribution in [0.5, 0.6) is 0 Å². The molecule has 1 aliphatic rings. The maximum Gasteiger partial charge on any atom is 0.242 e. The van der Waals surface area contributed by atoms with Crippen LogP contribution in [0.15, 0.2) is 36.4 Å². The predicted molar refractivity (Wildman–Crippen MR) is 109 cm³/mol. The van der Waals surface area contributed by atoms with E-state index in [0.29, 0.717) is 25.1 Å². The molecule has 0 bridgehead atoms. The number of amides is 2. The maximum absolute atomic E-state index is 14.0. The highest BCUT2D eigenvalue weighted by molar-refractivity contribution is 7.15. The molecule has 2 heterocycles. The van der Waals surface area contributed by atoms with E-state index in [4.69, 9.17) is 0 Å². The second-order valence-electron chi connectivity index (χ2n) is 6.93.